The molecule has 2 aromatic rings. The molecule has 0 aromatic heterocycles. The van der Waals surface area contributed by atoms with E-state index in [4.69, 9.17) is 4.74 Å². The molecule has 6 nitrogen and oxygen atoms in total. The second kappa shape index (κ2) is 8.90. The van der Waals surface area contributed by atoms with Crippen LogP contribution in [0, 0.1) is 13.8 Å². The standard InChI is InChI=1S/C20H26N2O4S/c1-5-26-18-12-7-6-11-17(18)13-21-19(23)14-22(27(4,24)25)20-15(2)9-8-10-16(20)3/h6-12H,5,13-14H2,1-4H3,(H,21,23). The highest BCUT2D eigenvalue weighted by Gasteiger charge is 2.23. The number of para-hydroxylation sites is 2. The maximum atomic E-state index is 12.5. The van der Waals surface area contributed by atoms with Crippen LogP contribution in [0.5, 0.6) is 5.75 Å². The van der Waals surface area contributed by atoms with Gasteiger partial charge in [0.05, 0.1) is 18.6 Å². The first kappa shape index (κ1) is 20.8. The molecule has 0 aliphatic carbocycles. The minimum atomic E-state index is -3.61. The zero-order valence-electron chi connectivity index (χ0n) is 16.2. The summed E-state index contributed by atoms with van der Waals surface area (Å²) < 4.78 is 31.3. The van der Waals surface area contributed by atoms with Crippen molar-refractivity contribution < 1.29 is 17.9 Å². The number of hydrogen-bond acceptors (Lipinski definition) is 4. The molecule has 27 heavy (non-hydrogen) atoms. The lowest BCUT2D eigenvalue weighted by Crippen LogP contribution is -2.40. The molecule has 0 aliphatic rings. The molecule has 0 atom stereocenters. The maximum absolute atomic E-state index is 12.5. The molecule has 0 spiro atoms. The number of hydrogen-bond donors (Lipinski definition) is 1. The molecule has 0 heterocycles. The molecule has 1 amide bonds. The van der Waals surface area contributed by atoms with Crippen molar-refractivity contribution in [2.24, 2.45) is 0 Å². The highest BCUT2D eigenvalue weighted by molar-refractivity contribution is 7.92. The maximum Gasteiger partial charge on any atom is 0.241 e. The van der Waals surface area contributed by atoms with E-state index >= 15 is 0 Å². The Morgan fingerprint density at radius 1 is 1.07 bits per heavy atom. The van der Waals surface area contributed by atoms with Gasteiger partial charge in [0.2, 0.25) is 15.9 Å². The third kappa shape index (κ3) is 5.47. The number of aryl methyl sites for hydroxylation is 2. The van der Waals surface area contributed by atoms with Crippen LogP contribution in [0.4, 0.5) is 5.69 Å². The van der Waals surface area contributed by atoms with E-state index in [0.29, 0.717) is 18.0 Å². The summed E-state index contributed by atoms with van der Waals surface area (Å²) in [6.45, 7) is 6.07. The minimum absolute atomic E-state index is 0.263. The molecule has 0 radical (unpaired) electrons. The number of amides is 1. The highest BCUT2D eigenvalue weighted by Crippen LogP contribution is 2.26. The molecule has 0 saturated carbocycles. The van der Waals surface area contributed by atoms with Crippen molar-refractivity contribution in [1.29, 1.82) is 0 Å². The molecular weight excluding hydrogens is 364 g/mol. The van der Waals surface area contributed by atoms with Gasteiger partial charge in [-0.15, -0.1) is 0 Å². The van der Waals surface area contributed by atoms with Crippen LogP contribution in [0.25, 0.3) is 0 Å². The normalized spacial score (nSPS) is 11.1. The summed E-state index contributed by atoms with van der Waals surface area (Å²) in [6.07, 6.45) is 1.11. The molecule has 0 saturated heterocycles. The van der Waals surface area contributed by atoms with E-state index in [1.165, 1.54) is 0 Å². The lowest BCUT2D eigenvalue weighted by molar-refractivity contribution is -0.119. The third-order valence-corrected chi connectivity index (χ3v) is 5.24. The number of carbonyl (C=O) groups is 1. The van der Waals surface area contributed by atoms with E-state index in [1.807, 2.05) is 63.2 Å². The molecule has 2 aromatic carbocycles. The van der Waals surface area contributed by atoms with Crippen molar-refractivity contribution in [2.45, 2.75) is 27.3 Å². The predicted octanol–water partition coefficient (Wildman–Crippen LogP) is 2.78. The van der Waals surface area contributed by atoms with Gasteiger partial charge in [-0.3, -0.25) is 9.10 Å². The van der Waals surface area contributed by atoms with E-state index in [0.717, 1.165) is 27.3 Å². The third-order valence-electron chi connectivity index (χ3n) is 4.12. The Kier molecular flexibility index (Phi) is 6.85. The summed E-state index contributed by atoms with van der Waals surface area (Å²) in [6, 6.07) is 13.0. The molecule has 2 rings (SSSR count). The predicted molar refractivity (Wildman–Crippen MR) is 108 cm³/mol. The van der Waals surface area contributed by atoms with E-state index in [9.17, 15) is 13.2 Å². The Hall–Kier alpha value is -2.54. The summed E-state index contributed by atoms with van der Waals surface area (Å²) in [4.78, 5) is 12.5. The van der Waals surface area contributed by atoms with Gasteiger partial charge in [0, 0.05) is 12.1 Å². The molecule has 1 N–H and O–H groups in total. The molecule has 0 unspecified atom stereocenters. The number of sulfonamides is 1. The molecular formula is C20H26N2O4S. The van der Waals surface area contributed by atoms with Crippen molar-refractivity contribution in [3.8, 4) is 5.75 Å². The van der Waals surface area contributed by atoms with Gasteiger partial charge in [-0.25, -0.2) is 8.42 Å². The number of benzene rings is 2. The monoisotopic (exact) mass is 390 g/mol. The fraction of sp³-hybridized carbons (Fsp3) is 0.350. The van der Waals surface area contributed by atoms with Crippen molar-refractivity contribution >= 4 is 21.6 Å². The Bertz CT molecular complexity index is 890. The number of nitrogens with one attached hydrogen (secondary N) is 1. The fourth-order valence-corrected chi connectivity index (χ4v) is 3.86. The second-order valence-corrected chi connectivity index (χ2v) is 8.23. The summed E-state index contributed by atoms with van der Waals surface area (Å²) in [5.74, 6) is 0.324. The lowest BCUT2D eigenvalue weighted by Gasteiger charge is -2.25. The number of anilines is 1. The van der Waals surface area contributed by atoms with Crippen LogP contribution in [0.1, 0.15) is 23.6 Å². The minimum Gasteiger partial charge on any atom is -0.494 e. The van der Waals surface area contributed by atoms with Gasteiger partial charge in [-0.05, 0) is 38.0 Å². The topological polar surface area (TPSA) is 75.7 Å². The number of ether oxygens (including phenoxy) is 1. The van der Waals surface area contributed by atoms with Crippen LogP contribution in [-0.2, 0) is 21.4 Å². The van der Waals surface area contributed by atoms with Crippen molar-refractivity contribution in [2.75, 3.05) is 23.7 Å². The Balaban J connectivity index is 2.16. The zero-order chi connectivity index (χ0) is 20.0. The fourth-order valence-electron chi connectivity index (χ4n) is 2.89. The largest absolute Gasteiger partial charge is 0.494 e. The number of carbonyl (C=O) groups excluding carboxylic acids is 1. The molecule has 146 valence electrons. The molecule has 0 fully saturated rings. The Labute approximate surface area is 161 Å². The van der Waals surface area contributed by atoms with Crippen LogP contribution in [0.3, 0.4) is 0 Å². The average molecular weight is 391 g/mol. The van der Waals surface area contributed by atoms with Gasteiger partial charge in [0.25, 0.3) is 0 Å². The van der Waals surface area contributed by atoms with E-state index in [-0.39, 0.29) is 19.0 Å². The van der Waals surface area contributed by atoms with Crippen LogP contribution >= 0.6 is 0 Å². The highest BCUT2D eigenvalue weighted by atomic mass is 32.2. The summed E-state index contributed by atoms with van der Waals surface area (Å²) in [5, 5.41) is 2.78. The van der Waals surface area contributed by atoms with E-state index in [2.05, 4.69) is 5.32 Å². The van der Waals surface area contributed by atoms with Gasteiger partial charge in [0.15, 0.2) is 0 Å². The van der Waals surface area contributed by atoms with Crippen molar-refractivity contribution in [3.63, 3.8) is 0 Å². The number of nitrogens with zero attached hydrogens (tertiary/aromatic N) is 1. The summed E-state index contributed by atoms with van der Waals surface area (Å²) >= 11 is 0. The van der Waals surface area contributed by atoms with Gasteiger partial charge in [0.1, 0.15) is 12.3 Å². The average Bonchev–Trinajstić information content (AvgIpc) is 2.59. The summed E-state index contributed by atoms with van der Waals surface area (Å²) in [5.41, 5.74) is 2.99. The zero-order valence-corrected chi connectivity index (χ0v) is 17.0. The van der Waals surface area contributed by atoms with E-state index < -0.39 is 10.0 Å². The Morgan fingerprint density at radius 3 is 2.30 bits per heavy atom. The summed E-state index contributed by atoms with van der Waals surface area (Å²) in [7, 11) is -3.61. The van der Waals surface area contributed by atoms with Crippen LogP contribution in [0.2, 0.25) is 0 Å². The van der Waals surface area contributed by atoms with Gasteiger partial charge in [-0.2, -0.15) is 0 Å². The Morgan fingerprint density at radius 2 is 1.70 bits per heavy atom. The first-order valence-electron chi connectivity index (χ1n) is 8.75. The van der Waals surface area contributed by atoms with Crippen molar-refractivity contribution in [3.05, 3.63) is 59.2 Å². The van der Waals surface area contributed by atoms with Crippen LogP contribution < -0.4 is 14.4 Å². The van der Waals surface area contributed by atoms with Crippen LogP contribution in [-0.4, -0.2) is 33.7 Å². The first-order chi connectivity index (χ1) is 12.7. The first-order valence-corrected chi connectivity index (χ1v) is 10.6. The quantitative estimate of drug-likeness (QED) is 0.752. The van der Waals surface area contributed by atoms with Crippen molar-refractivity contribution in [1.82, 2.24) is 5.32 Å². The molecule has 0 bridgehead atoms. The van der Waals surface area contributed by atoms with Crippen LogP contribution in [0.15, 0.2) is 42.5 Å². The SMILES string of the molecule is CCOc1ccccc1CNC(=O)CN(c1c(C)cccc1C)S(C)(=O)=O. The molecule has 0 aliphatic heterocycles. The number of rotatable bonds is 8. The van der Waals surface area contributed by atoms with Gasteiger partial charge >= 0.3 is 0 Å². The van der Waals surface area contributed by atoms with Gasteiger partial charge in [-0.1, -0.05) is 36.4 Å². The lowest BCUT2D eigenvalue weighted by atomic mass is 10.1. The molecule has 7 heteroatoms. The smallest absolute Gasteiger partial charge is 0.241 e. The second-order valence-electron chi connectivity index (χ2n) is 6.33. The van der Waals surface area contributed by atoms with E-state index in [1.54, 1.807) is 0 Å². The van der Waals surface area contributed by atoms with Gasteiger partial charge < -0.3 is 10.1 Å².